The maximum absolute atomic E-state index is 11.9. The van der Waals surface area contributed by atoms with Gasteiger partial charge in [-0.1, -0.05) is 6.07 Å². The van der Waals surface area contributed by atoms with Crippen molar-refractivity contribution in [3.05, 3.63) is 40.3 Å². The Kier molecular flexibility index (Phi) is 3.68. The first-order chi connectivity index (χ1) is 8.88. The summed E-state index contributed by atoms with van der Waals surface area (Å²) in [4.78, 5) is 15.9. The Balaban J connectivity index is 2.32. The zero-order valence-corrected chi connectivity index (χ0v) is 12.0. The van der Waals surface area contributed by atoms with Crippen molar-refractivity contribution in [2.45, 2.75) is 11.8 Å². The van der Waals surface area contributed by atoms with Crippen molar-refractivity contribution in [2.24, 2.45) is 0 Å². The lowest BCUT2D eigenvalue weighted by Gasteiger charge is -2.09. The number of benzene rings is 1. The van der Waals surface area contributed by atoms with Crippen LogP contribution < -0.4 is 5.32 Å². The monoisotopic (exact) mass is 296 g/mol. The van der Waals surface area contributed by atoms with Gasteiger partial charge in [-0.15, -0.1) is 11.3 Å². The molecule has 0 saturated heterocycles. The number of thiazole rings is 1. The van der Waals surface area contributed by atoms with Gasteiger partial charge in [0.15, 0.2) is 9.84 Å². The van der Waals surface area contributed by atoms with Crippen LogP contribution in [0.25, 0.3) is 0 Å². The number of anilines is 1. The van der Waals surface area contributed by atoms with Crippen LogP contribution >= 0.6 is 11.3 Å². The molecule has 5 nitrogen and oxygen atoms in total. The Morgan fingerprint density at radius 2 is 2.11 bits per heavy atom. The molecule has 1 amide bonds. The molecule has 0 atom stereocenters. The molecule has 1 heterocycles. The van der Waals surface area contributed by atoms with Crippen LogP contribution in [0.4, 0.5) is 5.69 Å². The molecule has 0 unspecified atom stereocenters. The van der Waals surface area contributed by atoms with Crippen molar-refractivity contribution in [1.29, 1.82) is 0 Å². The van der Waals surface area contributed by atoms with Gasteiger partial charge in [0.2, 0.25) is 0 Å². The largest absolute Gasteiger partial charge is 0.320 e. The van der Waals surface area contributed by atoms with Gasteiger partial charge in [0.25, 0.3) is 5.91 Å². The lowest BCUT2D eigenvalue weighted by Crippen LogP contribution is -2.13. The number of amides is 1. The second-order valence-electron chi connectivity index (χ2n) is 4.08. The van der Waals surface area contributed by atoms with Gasteiger partial charge in [-0.3, -0.25) is 4.79 Å². The van der Waals surface area contributed by atoms with Crippen molar-refractivity contribution in [1.82, 2.24) is 4.98 Å². The molecular formula is C12H12N2O3S2. The van der Waals surface area contributed by atoms with E-state index in [-0.39, 0.29) is 10.8 Å². The standard InChI is InChI=1S/C12H12N2O3S2/c1-8-3-4-9(19(2,16)17)5-10(8)14-12(15)11-6-18-7-13-11/h3-7H,1-2H3,(H,14,15). The number of hydrogen-bond donors (Lipinski definition) is 1. The molecular weight excluding hydrogens is 284 g/mol. The first-order valence-corrected chi connectivity index (χ1v) is 8.21. The van der Waals surface area contributed by atoms with E-state index in [1.807, 2.05) is 0 Å². The van der Waals surface area contributed by atoms with Gasteiger partial charge in [-0.25, -0.2) is 13.4 Å². The van der Waals surface area contributed by atoms with Crippen LogP contribution in [-0.4, -0.2) is 25.6 Å². The van der Waals surface area contributed by atoms with E-state index in [9.17, 15) is 13.2 Å². The molecule has 0 aliphatic rings. The van der Waals surface area contributed by atoms with Gasteiger partial charge in [-0.05, 0) is 24.6 Å². The minimum Gasteiger partial charge on any atom is -0.320 e. The highest BCUT2D eigenvalue weighted by atomic mass is 32.2. The summed E-state index contributed by atoms with van der Waals surface area (Å²) in [6.45, 7) is 1.79. The summed E-state index contributed by atoms with van der Waals surface area (Å²) in [5.74, 6) is -0.352. The van der Waals surface area contributed by atoms with Crippen LogP contribution in [0.15, 0.2) is 34.0 Å². The Morgan fingerprint density at radius 1 is 1.37 bits per heavy atom. The van der Waals surface area contributed by atoms with E-state index in [0.29, 0.717) is 11.4 Å². The molecule has 1 aromatic carbocycles. The van der Waals surface area contributed by atoms with Crippen LogP contribution in [0.5, 0.6) is 0 Å². The molecule has 0 fully saturated rings. The summed E-state index contributed by atoms with van der Waals surface area (Å²) >= 11 is 1.32. The fourth-order valence-electron chi connectivity index (χ4n) is 1.48. The van der Waals surface area contributed by atoms with E-state index in [0.717, 1.165) is 11.8 Å². The molecule has 100 valence electrons. The quantitative estimate of drug-likeness (QED) is 0.941. The Morgan fingerprint density at radius 3 is 2.68 bits per heavy atom. The number of nitrogens with one attached hydrogen (secondary N) is 1. The number of aromatic nitrogens is 1. The van der Waals surface area contributed by atoms with Crippen LogP contribution in [0.1, 0.15) is 16.1 Å². The third-order valence-electron chi connectivity index (χ3n) is 2.55. The Bertz CT molecular complexity index is 707. The SMILES string of the molecule is Cc1ccc(S(C)(=O)=O)cc1NC(=O)c1cscn1. The van der Waals surface area contributed by atoms with E-state index in [1.165, 1.54) is 23.5 Å². The van der Waals surface area contributed by atoms with Crippen LogP contribution in [0, 0.1) is 6.92 Å². The molecule has 2 aromatic rings. The molecule has 19 heavy (non-hydrogen) atoms. The van der Waals surface area contributed by atoms with Crippen molar-refractivity contribution in [3.63, 3.8) is 0 Å². The summed E-state index contributed by atoms with van der Waals surface area (Å²) in [6.07, 6.45) is 1.13. The lowest BCUT2D eigenvalue weighted by atomic mass is 10.2. The van der Waals surface area contributed by atoms with Crippen molar-refractivity contribution >= 4 is 32.8 Å². The summed E-state index contributed by atoms with van der Waals surface area (Å²) in [5, 5.41) is 4.30. The summed E-state index contributed by atoms with van der Waals surface area (Å²) in [5.41, 5.74) is 3.14. The summed E-state index contributed by atoms with van der Waals surface area (Å²) in [6, 6.07) is 4.63. The maximum Gasteiger partial charge on any atom is 0.275 e. The third-order valence-corrected chi connectivity index (χ3v) is 4.25. The third kappa shape index (κ3) is 3.18. The van der Waals surface area contributed by atoms with Gasteiger partial charge < -0.3 is 5.32 Å². The predicted molar refractivity (Wildman–Crippen MR) is 74.4 cm³/mol. The molecule has 0 aliphatic heterocycles. The van der Waals surface area contributed by atoms with E-state index in [4.69, 9.17) is 0 Å². The van der Waals surface area contributed by atoms with E-state index >= 15 is 0 Å². The number of rotatable bonds is 3. The predicted octanol–water partition coefficient (Wildman–Crippen LogP) is 2.11. The molecule has 0 aliphatic carbocycles. The number of nitrogens with zero attached hydrogens (tertiary/aromatic N) is 1. The van der Waals surface area contributed by atoms with Gasteiger partial charge in [0.1, 0.15) is 5.69 Å². The van der Waals surface area contributed by atoms with Crippen molar-refractivity contribution in [2.75, 3.05) is 11.6 Å². The molecule has 1 N–H and O–H groups in total. The second-order valence-corrected chi connectivity index (χ2v) is 6.81. The highest BCUT2D eigenvalue weighted by Gasteiger charge is 2.13. The molecule has 0 bridgehead atoms. The Hall–Kier alpha value is -1.73. The maximum atomic E-state index is 11.9. The molecule has 7 heteroatoms. The lowest BCUT2D eigenvalue weighted by molar-refractivity contribution is 0.102. The first-order valence-electron chi connectivity index (χ1n) is 5.38. The Labute approximate surface area is 115 Å². The average molecular weight is 296 g/mol. The van der Waals surface area contributed by atoms with Gasteiger partial charge >= 0.3 is 0 Å². The van der Waals surface area contributed by atoms with E-state index in [2.05, 4.69) is 10.3 Å². The molecule has 1 aromatic heterocycles. The number of aryl methyl sites for hydroxylation is 1. The van der Waals surface area contributed by atoms with Crippen LogP contribution in [-0.2, 0) is 9.84 Å². The highest BCUT2D eigenvalue weighted by molar-refractivity contribution is 7.90. The average Bonchev–Trinajstić information content (AvgIpc) is 2.84. The number of sulfone groups is 1. The van der Waals surface area contributed by atoms with Gasteiger partial charge in [0, 0.05) is 17.3 Å². The van der Waals surface area contributed by atoms with E-state index in [1.54, 1.807) is 23.9 Å². The zero-order valence-electron chi connectivity index (χ0n) is 10.4. The van der Waals surface area contributed by atoms with Gasteiger partial charge in [-0.2, -0.15) is 0 Å². The topological polar surface area (TPSA) is 76.1 Å². The molecule has 0 saturated carbocycles. The number of carbonyl (C=O) groups excluding carboxylic acids is 1. The van der Waals surface area contributed by atoms with E-state index < -0.39 is 9.84 Å². The molecule has 2 rings (SSSR count). The first kappa shape index (κ1) is 13.7. The van der Waals surface area contributed by atoms with Crippen molar-refractivity contribution in [3.8, 4) is 0 Å². The highest BCUT2D eigenvalue weighted by Crippen LogP contribution is 2.20. The fraction of sp³-hybridized carbons (Fsp3) is 0.167. The van der Waals surface area contributed by atoms with Crippen molar-refractivity contribution < 1.29 is 13.2 Å². The minimum atomic E-state index is -3.30. The smallest absolute Gasteiger partial charge is 0.275 e. The number of carbonyl (C=O) groups is 1. The zero-order chi connectivity index (χ0) is 14.0. The minimum absolute atomic E-state index is 0.173. The van der Waals surface area contributed by atoms with Crippen LogP contribution in [0.2, 0.25) is 0 Å². The second kappa shape index (κ2) is 5.10. The summed E-state index contributed by atoms with van der Waals surface area (Å²) in [7, 11) is -3.30. The van der Waals surface area contributed by atoms with Gasteiger partial charge in [0.05, 0.1) is 10.4 Å². The normalized spacial score (nSPS) is 11.3. The summed E-state index contributed by atoms with van der Waals surface area (Å²) < 4.78 is 23.0. The fourth-order valence-corrected chi connectivity index (χ4v) is 2.66. The van der Waals surface area contributed by atoms with Crippen LogP contribution in [0.3, 0.4) is 0 Å². The molecule has 0 radical (unpaired) electrons. The number of hydrogen-bond acceptors (Lipinski definition) is 5. The molecule has 0 spiro atoms.